The van der Waals surface area contributed by atoms with Crippen LogP contribution in [0.2, 0.25) is 5.02 Å². The van der Waals surface area contributed by atoms with Crippen molar-refractivity contribution in [2.45, 2.75) is 25.2 Å². The number of nitrogens with zero attached hydrogens (tertiary/aromatic N) is 1. The Morgan fingerprint density at radius 2 is 2.08 bits per heavy atom. The van der Waals surface area contributed by atoms with E-state index in [1.807, 2.05) is 23.1 Å². The lowest BCUT2D eigenvalue weighted by atomic mass is 9.94. The molecule has 0 aliphatic carbocycles. The highest BCUT2D eigenvalue weighted by atomic mass is 35.5. The van der Waals surface area contributed by atoms with Gasteiger partial charge in [-0.25, -0.2) is 4.39 Å². The van der Waals surface area contributed by atoms with E-state index in [1.54, 1.807) is 18.2 Å². The number of likely N-dealkylation sites (tertiary alicyclic amines) is 1. The van der Waals surface area contributed by atoms with Crippen LogP contribution in [0.3, 0.4) is 0 Å². The van der Waals surface area contributed by atoms with Crippen LogP contribution < -0.4 is 0 Å². The quantitative estimate of drug-likeness (QED) is 0.698. The summed E-state index contributed by atoms with van der Waals surface area (Å²) in [5.74, 6) is -0.0691. The summed E-state index contributed by atoms with van der Waals surface area (Å²) in [7, 11) is 0. The molecule has 2 heterocycles. The maximum absolute atomic E-state index is 13.8. The van der Waals surface area contributed by atoms with E-state index in [9.17, 15) is 9.18 Å². The van der Waals surface area contributed by atoms with Gasteiger partial charge < -0.3 is 9.88 Å². The van der Waals surface area contributed by atoms with Gasteiger partial charge in [-0.1, -0.05) is 29.8 Å². The molecule has 1 saturated heterocycles. The van der Waals surface area contributed by atoms with Gasteiger partial charge in [0.15, 0.2) is 0 Å². The number of carbonyl (C=O) groups is 1. The second-order valence-electron chi connectivity index (χ2n) is 6.90. The molecule has 134 valence electrons. The van der Waals surface area contributed by atoms with Crippen LogP contribution in [-0.4, -0.2) is 28.9 Å². The zero-order chi connectivity index (χ0) is 18.1. The van der Waals surface area contributed by atoms with E-state index in [2.05, 4.69) is 11.1 Å². The summed E-state index contributed by atoms with van der Waals surface area (Å²) in [5, 5.41) is 1.80. The molecule has 1 aliphatic rings. The number of carbonyl (C=O) groups excluding carboxylic acids is 1. The zero-order valence-corrected chi connectivity index (χ0v) is 15.1. The molecule has 0 spiro atoms. The van der Waals surface area contributed by atoms with Crippen molar-refractivity contribution in [3.05, 3.63) is 70.6 Å². The average Bonchev–Trinajstić information content (AvgIpc) is 3.07. The van der Waals surface area contributed by atoms with Gasteiger partial charge in [0.2, 0.25) is 5.91 Å². The van der Waals surface area contributed by atoms with Crippen LogP contribution in [0.4, 0.5) is 4.39 Å². The number of halogens is 2. The molecule has 1 unspecified atom stereocenters. The van der Waals surface area contributed by atoms with E-state index < -0.39 is 0 Å². The fraction of sp³-hybridized carbons (Fsp3) is 0.286. The Kier molecular flexibility index (Phi) is 4.68. The third-order valence-electron chi connectivity index (χ3n) is 5.12. The van der Waals surface area contributed by atoms with E-state index >= 15 is 0 Å². The van der Waals surface area contributed by atoms with Gasteiger partial charge in [0.1, 0.15) is 5.82 Å². The van der Waals surface area contributed by atoms with Crippen LogP contribution in [0.5, 0.6) is 0 Å². The first-order chi connectivity index (χ1) is 12.6. The molecule has 0 saturated carbocycles. The molecule has 26 heavy (non-hydrogen) atoms. The van der Waals surface area contributed by atoms with Crippen molar-refractivity contribution in [2.75, 3.05) is 13.1 Å². The fourth-order valence-corrected chi connectivity index (χ4v) is 3.90. The second kappa shape index (κ2) is 7.12. The van der Waals surface area contributed by atoms with Gasteiger partial charge in [-0.05, 0) is 48.7 Å². The minimum absolute atomic E-state index is 0.0149. The third-order valence-corrected chi connectivity index (χ3v) is 5.35. The number of H-pyrrole nitrogens is 1. The Morgan fingerprint density at radius 3 is 2.92 bits per heavy atom. The van der Waals surface area contributed by atoms with Gasteiger partial charge in [0.25, 0.3) is 0 Å². The average molecular weight is 371 g/mol. The zero-order valence-electron chi connectivity index (χ0n) is 14.3. The van der Waals surface area contributed by atoms with Gasteiger partial charge >= 0.3 is 0 Å². The molecule has 2 aromatic carbocycles. The van der Waals surface area contributed by atoms with Crippen molar-refractivity contribution in [2.24, 2.45) is 0 Å². The molecule has 5 heteroatoms. The topological polar surface area (TPSA) is 36.1 Å². The smallest absolute Gasteiger partial charge is 0.227 e. The van der Waals surface area contributed by atoms with Crippen LogP contribution in [0.25, 0.3) is 10.9 Å². The molecule has 0 bridgehead atoms. The summed E-state index contributed by atoms with van der Waals surface area (Å²) in [6, 6.07) is 14.4. The van der Waals surface area contributed by atoms with Crippen molar-refractivity contribution < 1.29 is 9.18 Å². The van der Waals surface area contributed by atoms with Crippen molar-refractivity contribution in [3.8, 4) is 0 Å². The maximum atomic E-state index is 13.8. The molecule has 3 nitrogen and oxygen atoms in total. The molecule has 1 amide bonds. The minimum atomic E-state index is -0.318. The number of aromatic nitrogens is 1. The van der Waals surface area contributed by atoms with Crippen molar-refractivity contribution in [1.29, 1.82) is 0 Å². The van der Waals surface area contributed by atoms with E-state index in [1.165, 1.54) is 6.07 Å². The number of nitrogens with one attached hydrogen (secondary N) is 1. The van der Waals surface area contributed by atoms with E-state index in [0.29, 0.717) is 17.1 Å². The number of piperidine rings is 1. The molecule has 3 aromatic rings. The van der Waals surface area contributed by atoms with Crippen LogP contribution in [0.15, 0.2) is 48.5 Å². The van der Waals surface area contributed by atoms with Gasteiger partial charge in [0.05, 0.1) is 6.42 Å². The number of benzene rings is 2. The highest BCUT2D eigenvalue weighted by molar-refractivity contribution is 6.31. The predicted molar refractivity (Wildman–Crippen MR) is 102 cm³/mol. The summed E-state index contributed by atoms with van der Waals surface area (Å²) in [5.41, 5.74) is 2.64. The lowest BCUT2D eigenvalue weighted by Gasteiger charge is -2.32. The van der Waals surface area contributed by atoms with Crippen LogP contribution in [0.1, 0.15) is 30.0 Å². The second-order valence-corrected chi connectivity index (χ2v) is 7.34. The summed E-state index contributed by atoms with van der Waals surface area (Å²) in [6.07, 6.45) is 2.09. The number of amides is 1. The number of hydrogen-bond donors (Lipinski definition) is 1. The van der Waals surface area contributed by atoms with Crippen LogP contribution >= 0.6 is 11.6 Å². The molecule has 1 fully saturated rings. The first-order valence-corrected chi connectivity index (χ1v) is 9.27. The normalized spacial score (nSPS) is 17.6. The summed E-state index contributed by atoms with van der Waals surface area (Å²) >= 11 is 6.07. The fourth-order valence-electron chi connectivity index (χ4n) is 3.72. The Morgan fingerprint density at radius 1 is 1.23 bits per heavy atom. The standard InChI is InChI=1S/C21H20ClFN2O/c22-17-7-8-19-16(10-17)11-20(24-19)15-5-3-9-25(13-15)21(26)12-14-4-1-2-6-18(14)23/h1-2,4,6-8,10-11,15,24H,3,5,9,12-13H2. The summed E-state index contributed by atoms with van der Waals surface area (Å²) in [4.78, 5) is 18.0. The van der Waals surface area contributed by atoms with Gasteiger partial charge in [0, 0.05) is 40.6 Å². The Labute approximate surface area is 156 Å². The largest absolute Gasteiger partial charge is 0.358 e. The molecule has 1 atom stereocenters. The lowest BCUT2D eigenvalue weighted by Crippen LogP contribution is -2.40. The Balaban J connectivity index is 1.49. The number of aromatic amines is 1. The molecule has 0 radical (unpaired) electrons. The van der Waals surface area contributed by atoms with Crippen molar-refractivity contribution in [3.63, 3.8) is 0 Å². The molecular weight excluding hydrogens is 351 g/mol. The summed E-state index contributed by atoms with van der Waals surface area (Å²) < 4.78 is 13.8. The minimum Gasteiger partial charge on any atom is -0.358 e. The van der Waals surface area contributed by atoms with Crippen LogP contribution in [0, 0.1) is 5.82 Å². The number of fused-ring (bicyclic) bond motifs is 1. The van der Waals surface area contributed by atoms with Gasteiger partial charge in [-0.15, -0.1) is 0 Å². The lowest BCUT2D eigenvalue weighted by molar-refractivity contribution is -0.131. The Bertz CT molecular complexity index is 952. The third kappa shape index (κ3) is 3.47. The molecule has 1 N–H and O–H groups in total. The monoisotopic (exact) mass is 370 g/mol. The van der Waals surface area contributed by atoms with Crippen LogP contribution in [-0.2, 0) is 11.2 Å². The molecule has 1 aromatic heterocycles. The molecular formula is C21H20ClFN2O. The van der Waals surface area contributed by atoms with Crippen molar-refractivity contribution >= 4 is 28.4 Å². The Hall–Kier alpha value is -2.33. The summed E-state index contributed by atoms with van der Waals surface area (Å²) in [6.45, 7) is 1.39. The van der Waals surface area contributed by atoms with E-state index in [0.717, 1.165) is 36.0 Å². The van der Waals surface area contributed by atoms with Gasteiger partial charge in [-0.2, -0.15) is 0 Å². The molecule has 4 rings (SSSR count). The first-order valence-electron chi connectivity index (χ1n) is 8.89. The highest BCUT2D eigenvalue weighted by Crippen LogP contribution is 2.30. The van der Waals surface area contributed by atoms with Crippen molar-refractivity contribution in [1.82, 2.24) is 9.88 Å². The first kappa shape index (κ1) is 17.1. The number of hydrogen-bond acceptors (Lipinski definition) is 1. The number of rotatable bonds is 3. The molecule has 1 aliphatic heterocycles. The van der Waals surface area contributed by atoms with Gasteiger partial charge in [-0.3, -0.25) is 4.79 Å². The van der Waals surface area contributed by atoms with E-state index in [4.69, 9.17) is 11.6 Å². The maximum Gasteiger partial charge on any atom is 0.227 e. The highest BCUT2D eigenvalue weighted by Gasteiger charge is 2.26. The SMILES string of the molecule is O=C(Cc1ccccc1F)N1CCCC(c2cc3cc(Cl)ccc3[nH]2)C1. The predicted octanol–water partition coefficient (Wildman–Crippen LogP) is 4.91. The van der Waals surface area contributed by atoms with E-state index in [-0.39, 0.29) is 24.1 Å².